The molecule has 0 fully saturated rings. The molecule has 0 unspecified atom stereocenters. The Morgan fingerprint density at radius 1 is 1.64 bits per heavy atom. The molecular weight excluding hydrogens is 246 g/mol. The quantitative estimate of drug-likeness (QED) is 0.867. The lowest BCUT2D eigenvalue weighted by molar-refractivity contribution is -0.138. The summed E-state index contributed by atoms with van der Waals surface area (Å²) >= 11 is 3.34. The van der Waals surface area contributed by atoms with E-state index in [1.54, 1.807) is 0 Å². The molecule has 3 nitrogen and oxygen atoms in total. The Hall–Kier alpha value is -0.870. The topological polar surface area (TPSA) is 63.3 Å². The van der Waals surface area contributed by atoms with Crippen LogP contribution in [0.4, 0.5) is 0 Å². The highest BCUT2D eigenvalue weighted by Gasteiger charge is 2.13. The molecule has 0 aliphatic rings. The summed E-state index contributed by atoms with van der Waals surface area (Å²) in [5, 5.41) is 8.65. The van der Waals surface area contributed by atoms with Gasteiger partial charge in [0.25, 0.3) is 0 Å². The second kappa shape index (κ2) is 4.57. The van der Waals surface area contributed by atoms with Crippen LogP contribution in [0, 0.1) is 6.92 Å². The molecule has 0 amide bonds. The number of rotatable bonds is 3. The van der Waals surface area contributed by atoms with Gasteiger partial charge in [0, 0.05) is 4.47 Å². The van der Waals surface area contributed by atoms with E-state index < -0.39 is 12.0 Å². The molecule has 0 bridgehead atoms. The highest BCUT2D eigenvalue weighted by atomic mass is 79.9. The van der Waals surface area contributed by atoms with Gasteiger partial charge in [-0.3, -0.25) is 4.79 Å². The molecule has 0 saturated heterocycles. The Morgan fingerprint density at radius 3 is 2.79 bits per heavy atom. The highest BCUT2D eigenvalue weighted by Crippen LogP contribution is 2.16. The molecule has 14 heavy (non-hydrogen) atoms. The van der Waals surface area contributed by atoms with E-state index in [1.165, 1.54) is 0 Å². The summed E-state index contributed by atoms with van der Waals surface area (Å²) < 4.78 is 0.989. The lowest BCUT2D eigenvalue weighted by Crippen LogP contribution is -2.32. The molecule has 0 aliphatic carbocycles. The fraction of sp³-hybridized carbons (Fsp3) is 0.300. The van der Waals surface area contributed by atoms with Crippen molar-refractivity contribution in [3.63, 3.8) is 0 Å². The summed E-state index contributed by atoms with van der Waals surface area (Å²) in [5.41, 5.74) is 7.47. The third-order valence-corrected chi connectivity index (χ3v) is 2.55. The van der Waals surface area contributed by atoms with E-state index in [-0.39, 0.29) is 0 Å². The monoisotopic (exact) mass is 257 g/mol. The average Bonchev–Trinajstić information content (AvgIpc) is 2.09. The molecule has 0 heterocycles. The minimum atomic E-state index is -0.965. The first-order chi connectivity index (χ1) is 6.50. The van der Waals surface area contributed by atoms with Gasteiger partial charge in [-0.05, 0) is 36.6 Å². The van der Waals surface area contributed by atoms with Crippen molar-refractivity contribution in [3.05, 3.63) is 33.8 Å². The molecule has 1 rings (SSSR count). The second-order valence-electron chi connectivity index (χ2n) is 3.22. The number of hydrogen-bond donors (Lipinski definition) is 2. The van der Waals surface area contributed by atoms with Crippen LogP contribution in [-0.4, -0.2) is 17.1 Å². The number of aliphatic carboxylic acids is 1. The van der Waals surface area contributed by atoms with Crippen molar-refractivity contribution in [1.29, 1.82) is 0 Å². The molecule has 4 heteroatoms. The second-order valence-corrected chi connectivity index (χ2v) is 4.14. The number of aryl methyl sites for hydroxylation is 1. The SMILES string of the molecule is Cc1cc(Br)ccc1C[C@@H](N)C(=O)O. The smallest absolute Gasteiger partial charge is 0.320 e. The van der Waals surface area contributed by atoms with Crippen LogP contribution < -0.4 is 5.73 Å². The standard InChI is InChI=1S/C10H12BrNO2/c1-6-4-8(11)3-2-7(6)5-9(12)10(13)14/h2-4,9H,5,12H2,1H3,(H,13,14)/t9-/m1/s1. The summed E-state index contributed by atoms with van der Waals surface area (Å²) in [7, 11) is 0. The van der Waals surface area contributed by atoms with E-state index in [1.807, 2.05) is 25.1 Å². The third-order valence-electron chi connectivity index (χ3n) is 2.06. The van der Waals surface area contributed by atoms with Crippen molar-refractivity contribution in [2.45, 2.75) is 19.4 Å². The predicted octanol–water partition coefficient (Wildman–Crippen LogP) is 1.71. The predicted molar refractivity (Wildman–Crippen MR) is 58.2 cm³/mol. The Balaban J connectivity index is 2.82. The van der Waals surface area contributed by atoms with Crippen molar-refractivity contribution in [1.82, 2.24) is 0 Å². The minimum absolute atomic E-state index is 0.369. The van der Waals surface area contributed by atoms with Crippen LogP contribution in [0.1, 0.15) is 11.1 Å². The zero-order valence-corrected chi connectivity index (χ0v) is 9.41. The average molecular weight is 258 g/mol. The van der Waals surface area contributed by atoms with Gasteiger partial charge >= 0.3 is 5.97 Å². The summed E-state index contributed by atoms with van der Waals surface area (Å²) in [6.45, 7) is 1.94. The van der Waals surface area contributed by atoms with E-state index in [2.05, 4.69) is 15.9 Å². The fourth-order valence-corrected chi connectivity index (χ4v) is 1.69. The summed E-state index contributed by atoms with van der Waals surface area (Å²) in [4.78, 5) is 10.5. The third kappa shape index (κ3) is 2.82. The highest BCUT2D eigenvalue weighted by molar-refractivity contribution is 9.10. The van der Waals surface area contributed by atoms with Gasteiger partial charge < -0.3 is 10.8 Å². The Bertz CT molecular complexity index is 352. The van der Waals surface area contributed by atoms with Crippen LogP contribution in [0.5, 0.6) is 0 Å². The van der Waals surface area contributed by atoms with Gasteiger partial charge in [-0.2, -0.15) is 0 Å². The van der Waals surface area contributed by atoms with Crippen molar-refractivity contribution in [3.8, 4) is 0 Å². The van der Waals surface area contributed by atoms with Crippen LogP contribution in [0.15, 0.2) is 22.7 Å². The van der Waals surface area contributed by atoms with Crippen LogP contribution in [-0.2, 0) is 11.2 Å². The maximum Gasteiger partial charge on any atom is 0.320 e. The van der Waals surface area contributed by atoms with Gasteiger partial charge in [0.2, 0.25) is 0 Å². The van der Waals surface area contributed by atoms with E-state index >= 15 is 0 Å². The van der Waals surface area contributed by atoms with Crippen LogP contribution in [0.3, 0.4) is 0 Å². The van der Waals surface area contributed by atoms with Gasteiger partial charge in [-0.25, -0.2) is 0 Å². The summed E-state index contributed by atoms with van der Waals surface area (Å²) in [6, 6.07) is 4.90. The van der Waals surface area contributed by atoms with Crippen LogP contribution >= 0.6 is 15.9 Å². The molecule has 1 aromatic rings. The first-order valence-corrected chi connectivity index (χ1v) is 5.03. The lowest BCUT2D eigenvalue weighted by Gasteiger charge is -2.09. The number of halogens is 1. The van der Waals surface area contributed by atoms with E-state index in [4.69, 9.17) is 10.8 Å². The number of carbonyl (C=O) groups is 1. The van der Waals surface area contributed by atoms with Crippen LogP contribution in [0.25, 0.3) is 0 Å². The normalized spacial score (nSPS) is 12.5. The Morgan fingerprint density at radius 2 is 2.29 bits per heavy atom. The first-order valence-electron chi connectivity index (χ1n) is 4.24. The van der Waals surface area contributed by atoms with Gasteiger partial charge in [0.15, 0.2) is 0 Å². The molecule has 1 aromatic carbocycles. The van der Waals surface area contributed by atoms with Gasteiger partial charge in [0.05, 0.1) is 0 Å². The molecule has 76 valence electrons. The molecule has 0 aromatic heterocycles. The number of carboxylic acids is 1. The van der Waals surface area contributed by atoms with Crippen molar-refractivity contribution in [2.24, 2.45) is 5.73 Å². The largest absolute Gasteiger partial charge is 0.480 e. The van der Waals surface area contributed by atoms with E-state index in [0.717, 1.165) is 15.6 Å². The maximum absolute atomic E-state index is 10.5. The number of hydrogen-bond acceptors (Lipinski definition) is 2. The van der Waals surface area contributed by atoms with E-state index in [0.29, 0.717) is 6.42 Å². The van der Waals surface area contributed by atoms with Crippen molar-refractivity contribution >= 4 is 21.9 Å². The van der Waals surface area contributed by atoms with Gasteiger partial charge in [-0.15, -0.1) is 0 Å². The molecule has 0 radical (unpaired) electrons. The number of nitrogens with two attached hydrogens (primary N) is 1. The Kier molecular flexibility index (Phi) is 3.66. The fourth-order valence-electron chi connectivity index (χ4n) is 1.21. The molecule has 0 aliphatic heterocycles. The lowest BCUT2D eigenvalue weighted by atomic mass is 10.0. The molecular formula is C10H12BrNO2. The van der Waals surface area contributed by atoms with Crippen molar-refractivity contribution < 1.29 is 9.90 Å². The van der Waals surface area contributed by atoms with Crippen molar-refractivity contribution in [2.75, 3.05) is 0 Å². The zero-order chi connectivity index (χ0) is 10.7. The molecule has 1 atom stereocenters. The zero-order valence-electron chi connectivity index (χ0n) is 7.83. The minimum Gasteiger partial charge on any atom is -0.480 e. The van der Waals surface area contributed by atoms with Gasteiger partial charge in [-0.1, -0.05) is 22.0 Å². The summed E-state index contributed by atoms with van der Waals surface area (Å²) in [5.74, 6) is -0.965. The Labute approximate surface area is 91.1 Å². The number of carboxylic acid groups (broad SMARTS) is 1. The number of benzene rings is 1. The molecule has 0 spiro atoms. The van der Waals surface area contributed by atoms with Gasteiger partial charge in [0.1, 0.15) is 6.04 Å². The summed E-state index contributed by atoms with van der Waals surface area (Å²) in [6.07, 6.45) is 0.369. The maximum atomic E-state index is 10.5. The van der Waals surface area contributed by atoms with Crippen LogP contribution in [0.2, 0.25) is 0 Å². The first kappa shape index (κ1) is 11.2. The molecule has 3 N–H and O–H groups in total. The molecule has 0 saturated carbocycles. The van der Waals surface area contributed by atoms with E-state index in [9.17, 15) is 4.79 Å².